The number of hydrogen-bond donors (Lipinski definition) is 2. The van der Waals surface area contributed by atoms with Crippen molar-refractivity contribution >= 4 is 23.6 Å². The fraction of sp³-hybridized carbons (Fsp3) is 0.417. The molecule has 1 saturated heterocycles. The summed E-state index contributed by atoms with van der Waals surface area (Å²) in [6, 6.07) is 4.73. The van der Waals surface area contributed by atoms with E-state index >= 15 is 0 Å². The first kappa shape index (κ1) is 22.0. The minimum atomic E-state index is -0.664. The maximum absolute atomic E-state index is 13.0. The van der Waals surface area contributed by atoms with Crippen molar-refractivity contribution in [1.82, 2.24) is 30.5 Å². The van der Waals surface area contributed by atoms with Gasteiger partial charge in [-0.2, -0.15) is 0 Å². The highest BCUT2D eigenvalue weighted by molar-refractivity contribution is 6.05. The van der Waals surface area contributed by atoms with Gasteiger partial charge in [-0.15, -0.1) is 11.7 Å². The molecule has 0 bridgehead atoms. The number of piperidine rings is 1. The number of imide groups is 1. The molecule has 3 atom stereocenters. The fourth-order valence-electron chi connectivity index (χ4n) is 5.01. The predicted octanol–water partition coefficient (Wildman–Crippen LogP) is 1.50. The highest BCUT2D eigenvalue weighted by Crippen LogP contribution is 2.29. The molecular formula is C24H26N6O4. The maximum atomic E-state index is 13.0. The summed E-state index contributed by atoms with van der Waals surface area (Å²) < 4.78 is 1.46. The summed E-state index contributed by atoms with van der Waals surface area (Å²) in [7, 11) is 0. The molecule has 1 aliphatic carbocycles. The molecule has 2 aliphatic heterocycles. The van der Waals surface area contributed by atoms with E-state index in [0.29, 0.717) is 30.1 Å². The number of rotatable bonds is 5. The molecule has 1 aromatic carbocycles. The number of carbonyl (C=O) groups excluding carboxylic acids is 4. The Hall–Kier alpha value is -3.82. The van der Waals surface area contributed by atoms with E-state index in [-0.39, 0.29) is 35.9 Å². The summed E-state index contributed by atoms with van der Waals surface area (Å²) >= 11 is 0. The Morgan fingerprint density at radius 2 is 2.06 bits per heavy atom. The summed E-state index contributed by atoms with van der Waals surface area (Å²) in [5.41, 5.74) is 2.07. The normalized spacial score (nSPS) is 24.5. The quantitative estimate of drug-likeness (QED) is 0.512. The van der Waals surface area contributed by atoms with Gasteiger partial charge in [-0.05, 0) is 49.3 Å². The summed E-state index contributed by atoms with van der Waals surface area (Å²) in [6.45, 7) is 4.17. The summed E-state index contributed by atoms with van der Waals surface area (Å²) in [6.07, 6.45) is 7.97. The number of nitrogens with zero attached hydrogens (tertiary/aromatic N) is 4. The van der Waals surface area contributed by atoms with E-state index in [1.807, 2.05) is 12.1 Å². The van der Waals surface area contributed by atoms with Gasteiger partial charge in [0.05, 0.1) is 11.9 Å². The zero-order valence-electron chi connectivity index (χ0n) is 18.7. The van der Waals surface area contributed by atoms with Gasteiger partial charge in [0, 0.05) is 24.6 Å². The molecule has 2 N–H and O–H groups in total. The second-order valence-corrected chi connectivity index (χ2v) is 9.12. The Bertz CT molecular complexity index is 1190. The van der Waals surface area contributed by atoms with Crippen LogP contribution in [0.5, 0.6) is 0 Å². The van der Waals surface area contributed by atoms with Crippen LogP contribution >= 0.6 is 0 Å². The molecular weight excluding hydrogens is 436 g/mol. The van der Waals surface area contributed by atoms with Gasteiger partial charge in [-0.1, -0.05) is 23.8 Å². The number of benzene rings is 1. The lowest BCUT2D eigenvalue weighted by molar-refractivity contribution is -0.136. The molecule has 0 radical (unpaired) electrons. The van der Waals surface area contributed by atoms with E-state index in [2.05, 4.69) is 27.5 Å². The van der Waals surface area contributed by atoms with Gasteiger partial charge in [-0.3, -0.25) is 24.5 Å². The van der Waals surface area contributed by atoms with Gasteiger partial charge in [0.2, 0.25) is 11.8 Å². The van der Waals surface area contributed by atoms with Gasteiger partial charge in [0.25, 0.3) is 11.8 Å². The molecule has 0 spiro atoms. The maximum Gasteiger partial charge on any atom is 0.273 e. The lowest BCUT2D eigenvalue weighted by atomic mass is 9.86. The van der Waals surface area contributed by atoms with E-state index < -0.39 is 11.9 Å². The minimum Gasteiger partial charge on any atom is -0.348 e. The van der Waals surface area contributed by atoms with Crippen molar-refractivity contribution in [3.63, 3.8) is 0 Å². The molecule has 1 aromatic heterocycles. The van der Waals surface area contributed by atoms with Gasteiger partial charge in [-0.25, -0.2) is 4.68 Å². The Labute approximate surface area is 196 Å². The van der Waals surface area contributed by atoms with Crippen molar-refractivity contribution in [2.45, 2.75) is 57.2 Å². The van der Waals surface area contributed by atoms with Crippen molar-refractivity contribution in [2.24, 2.45) is 5.92 Å². The van der Waals surface area contributed by atoms with Crippen LogP contribution in [0.4, 0.5) is 0 Å². The summed E-state index contributed by atoms with van der Waals surface area (Å²) in [5, 5.41) is 13.4. The van der Waals surface area contributed by atoms with Gasteiger partial charge >= 0.3 is 0 Å². The standard InChI is InChI=1S/C24H26N6O4/c1-2-14-4-3-5-16(10-14)25-22(32)19-13-30(28-27-19)17-7-6-15-12-29(24(34)18(15)11-17)20-8-9-21(31)26-23(20)33/h2,6-7,11,13-14,16,20H,1,3-5,8-10,12H2,(H,25,32)(H,26,31,33)/t14-,16-,20?/m1/s1. The average molecular weight is 463 g/mol. The predicted molar refractivity (Wildman–Crippen MR) is 121 cm³/mol. The first-order chi connectivity index (χ1) is 16.4. The minimum absolute atomic E-state index is 0.0882. The van der Waals surface area contributed by atoms with E-state index in [1.165, 1.54) is 9.58 Å². The van der Waals surface area contributed by atoms with Crippen LogP contribution < -0.4 is 10.6 Å². The van der Waals surface area contributed by atoms with Crippen molar-refractivity contribution < 1.29 is 19.2 Å². The number of fused-ring (bicyclic) bond motifs is 1. The third-order valence-corrected chi connectivity index (χ3v) is 6.89. The fourth-order valence-corrected chi connectivity index (χ4v) is 5.01. The second kappa shape index (κ2) is 8.85. The molecule has 10 heteroatoms. The first-order valence-corrected chi connectivity index (χ1v) is 11.6. The lowest BCUT2D eigenvalue weighted by Gasteiger charge is -2.29. The van der Waals surface area contributed by atoms with E-state index in [1.54, 1.807) is 18.3 Å². The van der Waals surface area contributed by atoms with Crippen LogP contribution in [0.3, 0.4) is 0 Å². The Kier molecular flexibility index (Phi) is 5.72. The van der Waals surface area contributed by atoms with Gasteiger partial charge < -0.3 is 10.2 Å². The number of carbonyl (C=O) groups is 4. The van der Waals surface area contributed by atoms with E-state index in [4.69, 9.17) is 0 Å². The zero-order chi connectivity index (χ0) is 23.8. The highest BCUT2D eigenvalue weighted by Gasteiger charge is 2.39. The Balaban J connectivity index is 1.29. The van der Waals surface area contributed by atoms with Crippen LogP contribution in [0.1, 0.15) is 64.9 Å². The molecule has 1 saturated carbocycles. The third kappa shape index (κ3) is 4.11. The number of allylic oxidation sites excluding steroid dienone is 1. The molecule has 5 rings (SSSR count). The molecule has 2 fully saturated rings. The molecule has 4 amide bonds. The topological polar surface area (TPSA) is 126 Å². The number of amides is 4. The average Bonchev–Trinajstić information content (AvgIpc) is 3.45. The Morgan fingerprint density at radius 3 is 2.85 bits per heavy atom. The molecule has 3 heterocycles. The number of nitrogens with one attached hydrogen (secondary N) is 2. The molecule has 3 aliphatic rings. The van der Waals surface area contributed by atoms with Crippen LogP contribution in [-0.4, -0.2) is 55.6 Å². The van der Waals surface area contributed by atoms with Crippen molar-refractivity contribution in [3.8, 4) is 5.69 Å². The van der Waals surface area contributed by atoms with E-state index in [0.717, 1.165) is 31.2 Å². The van der Waals surface area contributed by atoms with Crippen molar-refractivity contribution in [2.75, 3.05) is 0 Å². The van der Waals surface area contributed by atoms with Crippen LogP contribution in [0.15, 0.2) is 37.1 Å². The third-order valence-electron chi connectivity index (χ3n) is 6.89. The first-order valence-electron chi connectivity index (χ1n) is 11.6. The number of aromatic nitrogens is 3. The van der Waals surface area contributed by atoms with Crippen LogP contribution in [0, 0.1) is 5.92 Å². The van der Waals surface area contributed by atoms with E-state index in [9.17, 15) is 19.2 Å². The van der Waals surface area contributed by atoms with Crippen LogP contribution in [-0.2, 0) is 16.1 Å². The van der Waals surface area contributed by atoms with Crippen molar-refractivity contribution in [3.05, 3.63) is 53.9 Å². The highest BCUT2D eigenvalue weighted by atomic mass is 16.2. The van der Waals surface area contributed by atoms with Crippen molar-refractivity contribution in [1.29, 1.82) is 0 Å². The van der Waals surface area contributed by atoms with Crippen LogP contribution in [0.2, 0.25) is 0 Å². The van der Waals surface area contributed by atoms with Gasteiger partial charge in [0.1, 0.15) is 6.04 Å². The molecule has 10 nitrogen and oxygen atoms in total. The smallest absolute Gasteiger partial charge is 0.273 e. The molecule has 176 valence electrons. The van der Waals surface area contributed by atoms with Crippen LogP contribution in [0.25, 0.3) is 5.69 Å². The molecule has 1 unspecified atom stereocenters. The summed E-state index contributed by atoms with van der Waals surface area (Å²) in [5.74, 6) is -0.885. The SMILES string of the molecule is C=C[C@@H]1CCC[C@@H](NC(=O)c2cn(-c3ccc4c(c3)C(=O)N(C3CCC(=O)NC3=O)C4)nn2)C1. The molecule has 34 heavy (non-hydrogen) atoms. The zero-order valence-corrected chi connectivity index (χ0v) is 18.7. The lowest BCUT2D eigenvalue weighted by Crippen LogP contribution is -2.52. The number of hydrogen-bond acceptors (Lipinski definition) is 6. The van der Waals surface area contributed by atoms with Gasteiger partial charge in [0.15, 0.2) is 5.69 Å². The largest absolute Gasteiger partial charge is 0.348 e. The monoisotopic (exact) mass is 462 g/mol. The summed E-state index contributed by atoms with van der Waals surface area (Å²) in [4.78, 5) is 50.9. The molecule has 2 aromatic rings. The Morgan fingerprint density at radius 1 is 1.21 bits per heavy atom. The second-order valence-electron chi connectivity index (χ2n) is 9.12.